The Morgan fingerprint density at radius 3 is 2.44 bits per heavy atom. The molecule has 27 heavy (non-hydrogen) atoms. The molecule has 2 aliphatic heterocycles. The van der Waals surface area contributed by atoms with E-state index in [0.29, 0.717) is 31.2 Å². The minimum Gasteiger partial charge on any atom is -0.369 e. The van der Waals surface area contributed by atoms with Gasteiger partial charge in [0, 0.05) is 49.6 Å². The molecular formula is C19H20ClN3O3S. The van der Waals surface area contributed by atoms with Gasteiger partial charge in [-0.15, -0.1) is 0 Å². The van der Waals surface area contributed by atoms with Crippen LogP contribution in [-0.4, -0.2) is 51.9 Å². The zero-order chi connectivity index (χ0) is 19.2. The molecular weight excluding hydrogens is 386 g/mol. The Bertz CT molecular complexity index is 1000. The van der Waals surface area contributed by atoms with Gasteiger partial charge in [0.15, 0.2) is 0 Å². The zero-order valence-electron chi connectivity index (χ0n) is 14.9. The average Bonchev–Trinajstić information content (AvgIpc) is 2.95. The number of benzene rings is 2. The molecule has 2 heterocycles. The molecule has 2 aromatic rings. The summed E-state index contributed by atoms with van der Waals surface area (Å²) in [5, 5.41) is 0.667. The summed E-state index contributed by atoms with van der Waals surface area (Å²) >= 11 is 6.05. The second-order valence-corrected chi connectivity index (χ2v) is 9.17. The highest BCUT2D eigenvalue weighted by Crippen LogP contribution is 2.31. The van der Waals surface area contributed by atoms with Gasteiger partial charge in [-0.1, -0.05) is 17.7 Å². The zero-order valence-corrected chi connectivity index (χ0v) is 16.5. The molecule has 0 bridgehead atoms. The number of amides is 1. The third-order valence-corrected chi connectivity index (χ3v) is 7.31. The molecule has 6 nitrogen and oxygen atoms in total. The summed E-state index contributed by atoms with van der Waals surface area (Å²) in [6.45, 7) is 2.02. The second-order valence-electron chi connectivity index (χ2n) is 6.79. The number of nitrogens with zero attached hydrogens (tertiary/aromatic N) is 3. The van der Waals surface area contributed by atoms with E-state index in [0.717, 1.165) is 16.9 Å². The van der Waals surface area contributed by atoms with E-state index in [9.17, 15) is 13.2 Å². The fourth-order valence-corrected chi connectivity index (χ4v) is 5.27. The van der Waals surface area contributed by atoms with Crippen LogP contribution in [-0.2, 0) is 21.2 Å². The van der Waals surface area contributed by atoms with Crippen molar-refractivity contribution in [1.82, 2.24) is 4.31 Å². The third-order valence-electron chi connectivity index (χ3n) is 5.18. The van der Waals surface area contributed by atoms with Crippen molar-refractivity contribution in [2.75, 3.05) is 43.0 Å². The lowest BCUT2D eigenvalue weighted by atomic mass is 10.2. The summed E-state index contributed by atoms with van der Waals surface area (Å²) in [5.74, 6) is -0.0188. The fraction of sp³-hybridized carbons (Fsp3) is 0.316. The van der Waals surface area contributed by atoms with Crippen molar-refractivity contribution in [3.63, 3.8) is 0 Å². The van der Waals surface area contributed by atoms with Crippen LogP contribution in [0.1, 0.15) is 5.56 Å². The predicted molar refractivity (Wildman–Crippen MR) is 106 cm³/mol. The average molecular weight is 406 g/mol. The first kappa shape index (κ1) is 18.3. The smallest absolute Gasteiger partial charge is 0.243 e. The minimum absolute atomic E-state index is 0.0188. The van der Waals surface area contributed by atoms with Crippen LogP contribution >= 0.6 is 11.6 Å². The van der Waals surface area contributed by atoms with Crippen LogP contribution < -0.4 is 9.80 Å². The summed E-state index contributed by atoms with van der Waals surface area (Å²) in [7, 11) is -1.88. The van der Waals surface area contributed by atoms with Crippen LogP contribution in [0.3, 0.4) is 0 Å². The van der Waals surface area contributed by atoms with Crippen LogP contribution in [0.2, 0.25) is 5.02 Å². The third kappa shape index (κ3) is 3.31. The summed E-state index contributed by atoms with van der Waals surface area (Å²) in [6.07, 6.45) is 0.248. The number of piperazine rings is 1. The number of halogens is 1. The Labute approximate surface area is 164 Å². The van der Waals surface area contributed by atoms with Gasteiger partial charge in [-0.05, 0) is 42.0 Å². The lowest BCUT2D eigenvalue weighted by molar-refractivity contribution is -0.117. The van der Waals surface area contributed by atoms with Gasteiger partial charge in [0.05, 0.1) is 11.3 Å². The molecule has 0 atom stereocenters. The van der Waals surface area contributed by atoms with E-state index in [1.807, 2.05) is 24.3 Å². The molecule has 1 saturated heterocycles. The first-order valence-corrected chi connectivity index (χ1v) is 10.6. The monoisotopic (exact) mass is 405 g/mol. The van der Waals surface area contributed by atoms with Crippen molar-refractivity contribution < 1.29 is 13.2 Å². The van der Waals surface area contributed by atoms with Gasteiger partial charge in [0.25, 0.3) is 0 Å². The molecule has 0 saturated carbocycles. The number of sulfonamides is 1. The van der Waals surface area contributed by atoms with Crippen LogP contribution in [0.15, 0.2) is 47.4 Å². The molecule has 2 aromatic carbocycles. The summed E-state index contributed by atoms with van der Waals surface area (Å²) in [6, 6.07) is 12.5. The molecule has 0 unspecified atom stereocenters. The van der Waals surface area contributed by atoms with E-state index in [2.05, 4.69) is 4.90 Å². The highest BCUT2D eigenvalue weighted by atomic mass is 35.5. The molecule has 0 spiro atoms. The molecule has 4 rings (SSSR count). The van der Waals surface area contributed by atoms with Crippen molar-refractivity contribution in [1.29, 1.82) is 0 Å². The SMILES string of the molecule is CN1C(=O)Cc2cc(S(=O)(=O)N3CCN(c4cccc(Cl)c4)CC3)ccc21. The van der Waals surface area contributed by atoms with E-state index >= 15 is 0 Å². The van der Waals surface area contributed by atoms with Gasteiger partial charge in [-0.3, -0.25) is 4.79 Å². The quantitative estimate of drug-likeness (QED) is 0.786. The van der Waals surface area contributed by atoms with Crippen LogP contribution in [0.25, 0.3) is 0 Å². The lowest BCUT2D eigenvalue weighted by Gasteiger charge is -2.35. The van der Waals surface area contributed by atoms with Gasteiger partial charge in [0.1, 0.15) is 0 Å². The molecule has 8 heteroatoms. The van der Waals surface area contributed by atoms with Crippen LogP contribution in [0, 0.1) is 0 Å². The van der Waals surface area contributed by atoms with Gasteiger partial charge >= 0.3 is 0 Å². The van der Waals surface area contributed by atoms with Gasteiger partial charge < -0.3 is 9.80 Å². The summed E-state index contributed by atoms with van der Waals surface area (Å²) < 4.78 is 27.6. The number of rotatable bonds is 3. The van der Waals surface area contributed by atoms with Crippen molar-refractivity contribution in [2.45, 2.75) is 11.3 Å². The lowest BCUT2D eigenvalue weighted by Crippen LogP contribution is -2.48. The van der Waals surface area contributed by atoms with Crippen molar-refractivity contribution in [2.24, 2.45) is 0 Å². The topological polar surface area (TPSA) is 60.9 Å². The van der Waals surface area contributed by atoms with Gasteiger partial charge in [-0.2, -0.15) is 4.31 Å². The maximum Gasteiger partial charge on any atom is 0.243 e. The normalized spacial score (nSPS) is 18.1. The summed E-state index contributed by atoms with van der Waals surface area (Å²) in [5.41, 5.74) is 2.55. The molecule has 1 amide bonds. The summed E-state index contributed by atoms with van der Waals surface area (Å²) in [4.78, 5) is 15.8. The number of anilines is 2. The predicted octanol–water partition coefficient (Wildman–Crippen LogP) is 2.37. The number of likely N-dealkylation sites (N-methyl/N-ethyl adjacent to an activating group) is 1. The molecule has 0 aromatic heterocycles. The van der Waals surface area contributed by atoms with E-state index in [-0.39, 0.29) is 17.2 Å². The van der Waals surface area contributed by atoms with Crippen LogP contribution in [0.5, 0.6) is 0 Å². The Hall–Kier alpha value is -2.09. The maximum absolute atomic E-state index is 13.0. The minimum atomic E-state index is -3.58. The fourth-order valence-electron chi connectivity index (χ4n) is 3.62. The van der Waals surface area contributed by atoms with E-state index in [4.69, 9.17) is 11.6 Å². The standard InChI is InChI=1S/C19H20ClN3O3S/c1-21-18-6-5-17(11-14(18)12-19(21)24)27(25,26)23-9-7-22(8-10-23)16-4-2-3-15(20)13-16/h2-6,11,13H,7-10,12H2,1H3. The van der Waals surface area contributed by atoms with E-state index in [1.54, 1.807) is 30.1 Å². The Morgan fingerprint density at radius 2 is 1.74 bits per heavy atom. The highest BCUT2D eigenvalue weighted by molar-refractivity contribution is 7.89. The van der Waals surface area contributed by atoms with Crippen molar-refractivity contribution in [3.8, 4) is 0 Å². The molecule has 0 aliphatic carbocycles. The first-order chi connectivity index (χ1) is 12.9. The molecule has 142 valence electrons. The number of carbonyl (C=O) groups excluding carboxylic acids is 1. The van der Waals surface area contributed by atoms with E-state index in [1.165, 1.54) is 4.31 Å². The van der Waals surface area contributed by atoms with Crippen molar-refractivity contribution >= 4 is 38.9 Å². The number of hydrogen-bond donors (Lipinski definition) is 0. The maximum atomic E-state index is 13.0. The number of hydrogen-bond acceptors (Lipinski definition) is 4. The first-order valence-electron chi connectivity index (χ1n) is 8.76. The highest BCUT2D eigenvalue weighted by Gasteiger charge is 2.31. The number of fused-ring (bicyclic) bond motifs is 1. The van der Waals surface area contributed by atoms with Gasteiger partial charge in [0.2, 0.25) is 15.9 Å². The molecule has 1 fully saturated rings. The van der Waals surface area contributed by atoms with E-state index < -0.39 is 10.0 Å². The second kappa shape index (κ2) is 6.82. The molecule has 0 N–H and O–H groups in total. The molecule has 2 aliphatic rings. The molecule has 0 radical (unpaired) electrons. The number of carbonyl (C=O) groups is 1. The van der Waals surface area contributed by atoms with Crippen molar-refractivity contribution in [3.05, 3.63) is 53.1 Å². The Balaban J connectivity index is 1.51. The van der Waals surface area contributed by atoms with Gasteiger partial charge in [-0.25, -0.2) is 8.42 Å². The van der Waals surface area contributed by atoms with Crippen LogP contribution in [0.4, 0.5) is 11.4 Å². The largest absolute Gasteiger partial charge is 0.369 e. The Morgan fingerprint density at radius 1 is 1.00 bits per heavy atom. The Kier molecular flexibility index (Phi) is 4.61.